The lowest BCUT2D eigenvalue weighted by Crippen LogP contribution is -2.41. The molecule has 4 nitrogen and oxygen atoms in total. The van der Waals surface area contributed by atoms with Crippen molar-refractivity contribution in [2.45, 2.75) is 122 Å². The third-order valence-corrected chi connectivity index (χ3v) is 11.1. The van der Waals surface area contributed by atoms with Crippen LogP contribution in [0.3, 0.4) is 0 Å². The van der Waals surface area contributed by atoms with Crippen LogP contribution in [0, 0.1) is 0 Å². The van der Waals surface area contributed by atoms with Crippen LogP contribution in [-0.2, 0) is 8.85 Å². The molecule has 0 heterocycles. The van der Waals surface area contributed by atoms with Crippen molar-refractivity contribution in [2.75, 3.05) is 19.8 Å². The maximum Gasteiger partial charge on any atom is 0.186 e. The van der Waals surface area contributed by atoms with Crippen molar-refractivity contribution in [1.82, 2.24) is 0 Å². The second kappa shape index (κ2) is 15.1. The highest BCUT2D eigenvalue weighted by Crippen LogP contribution is 2.29. The Kier molecular flexibility index (Phi) is 15.3. The van der Waals surface area contributed by atoms with Gasteiger partial charge < -0.3 is 20.3 Å². The fourth-order valence-electron chi connectivity index (χ4n) is 4.18. The average Bonchev–Trinajstić information content (AvgIpc) is 2.57. The summed E-state index contributed by atoms with van der Waals surface area (Å²) >= 11 is 0. The molecule has 0 aliphatic heterocycles. The van der Waals surface area contributed by atoms with Crippen LogP contribution in [0.4, 0.5) is 0 Å². The van der Waals surface area contributed by atoms with Crippen molar-refractivity contribution in [3.63, 3.8) is 0 Å². The van der Waals surface area contributed by atoms with E-state index in [-0.39, 0.29) is 5.54 Å². The predicted molar refractivity (Wildman–Crippen MR) is 130 cm³/mol. The Hall–Kier alpha value is 0.274. The number of hydrogen-bond donors (Lipinski definition) is 2. The standard InChI is InChI=1S/C22H52N2O2Si2/c1-7-25-27(3,4)20-14-17-22(24,16-12-10-9-11-13-19-23)18-15-21-28(5,6)26-8-2/h7-21,23-24H2,1-6H3. The molecule has 170 valence electrons. The first-order valence-corrected chi connectivity index (χ1v) is 18.1. The molecule has 0 atom stereocenters. The van der Waals surface area contributed by atoms with Gasteiger partial charge >= 0.3 is 0 Å². The van der Waals surface area contributed by atoms with Crippen LogP contribution < -0.4 is 11.5 Å². The molecule has 0 bridgehead atoms. The molecule has 0 aromatic heterocycles. The lowest BCUT2D eigenvalue weighted by atomic mass is 9.84. The average molecular weight is 433 g/mol. The Labute approximate surface area is 178 Å². The first-order valence-electron chi connectivity index (χ1n) is 11.9. The van der Waals surface area contributed by atoms with Gasteiger partial charge in [0.2, 0.25) is 0 Å². The minimum absolute atomic E-state index is 0.0126. The molecule has 0 aliphatic rings. The third kappa shape index (κ3) is 15.2. The molecular formula is C22H52N2O2Si2. The van der Waals surface area contributed by atoms with Crippen molar-refractivity contribution in [2.24, 2.45) is 11.5 Å². The first kappa shape index (κ1) is 28.3. The molecule has 0 amide bonds. The number of rotatable bonds is 19. The number of hydrogen-bond acceptors (Lipinski definition) is 4. The van der Waals surface area contributed by atoms with Gasteiger partial charge in [0.1, 0.15) is 0 Å². The summed E-state index contributed by atoms with van der Waals surface area (Å²) in [6.45, 7) is 16.1. The van der Waals surface area contributed by atoms with Crippen molar-refractivity contribution in [1.29, 1.82) is 0 Å². The van der Waals surface area contributed by atoms with E-state index in [1.165, 1.54) is 50.6 Å². The quantitative estimate of drug-likeness (QED) is 0.193. The lowest BCUT2D eigenvalue weighted by molar-refractivity contribution is 0.300. The van der Waals surface area contributed by atoms with Gasteiger partial charge in [-0.15, -0.1) is 0 Å². The van der Waals surface area contributed by atoms with Crippen molar-refractivity contribution in [3.8, 4) is 0 Å². The van der Waals surface area contributed by atoms with Gasteiger partial charge in [0.05, 0.1) is 0 Å². The van der Waals surface area contributed by atoms with Crippen LogP contribution in [0.5, 0.6) is 0 Å². The van der Waals surface area contributed by atoms with Gasteiger partial charge in [-0.25, -0.2) is 0 Å². The maximum absolute atomic E-state index is 6.97. The minimum Gasteiger partial charge on any atom is -0.418 e. The van der Waals surface area contributed by atoms with E-state index in [0.717, 1.165) is 45.4 Å². The molecule has 0 spiro atoms. The van der Waals surface area contributed by atoms with E-state index < -0.39 is 16.6 Å². The summed E-state index contributed by atoms with van der Waals surface area (Å²) in [7, 11) is -3.02. The fraction of sp³-hybridized carbons (Fsp3) is 1.00. The summed E-state index contributed by atoms with van der Waals surface area (Å²) in [5.74, 6) is 0. The summed E-state index contributed by atoms with van der Waals surface area (Å²) in [5, 5.41) is 0. The Morgan fingerprint density at radius 1 is 0.643 bits per heavy atom. The normalized spacial score (nSPS) is 13.3. The van der Waals surface area contributed by atoms with Gasteiger partial charge in [-0.05, 0) is 84.4 Å². The Balaban J connectivity index is 4.53. The monoisotopic (exact) mass is 432 g/mol. The Morgan fingerprint density at radius 2 is 1.04 bits per heavy atom. The van der Waals surface area contributed by atoms with Gasteiger partial charge in [0.25, 0.3) is 0 Å². The highest BCUT2D eigenvalue weighted by Gasteiger charge is 2.29. The molecule has 4 N–H and O–H groups in total. The summed E-state index contributed by atoms with van der Waals surface area (Å²) in [5.41, 5.74) is 12.6. The zero-order valence-corrected chi connectivity index (χ0v) is 22.1. The lowest BCUT2D eigenvalue weighted by Gasteiger charge is -2.32. The van der Waals surface area contributed by atoms with E-state index in [2.05, 4.69) is 40.0 Å². The Bertz CT molecular complexity index is 356. The molecule has 0 aliphatic carbocycles. The molecule has 0 saturated heterocycles. The smallest absolute Gasteiger partial charge is 0.186 e. The fourth-order valence-corrected chi connectivity index (χ4v) is 8.09. The third-order valence-electron chi connectivity index (χ3n) is 5.86. The number of unbranched alkanes of at least 4 members (excludes halogenated alkanes) is 4. The van der Waals surface area contributed by atoms with Crippen LogP contribution in [0.2, 0.25) is 38.3 Å². The predicted octanol–water partition coefficient (Wildman–Crippen LogP) is 6.03. The Morgan fingerprint density at radius 3 is 1.46 bits per heavy atom. The topological polar surface area (TPSA) is 70.5 Å². The second-order valence-electron chi connectivity index (χ2n) is 9.76. The van der Waals surface area contributed by atoms with Crippen LogP contribution in [0.25, 0.3) is 0 Å². The van der Waals surface area contributed by atoms with E-state index in [1.54, 1.807) is 0 Å². The molecule has 0 aromatic rings. The largest absolute Gasteiger partial charge is 0.418 e. The number of nitrogens with two attached hydrogens (primary N) is 2. The van der Waals surface area contributed by atoms with E-state index >= 15 is 0 Å². The van der Waals surface area contributed by atoms with Gasteiger partial charge in [-0.2, -0.15) is 0 Å². The van der Waals surface area contributed by atoms with Crippen molar-refractivity contribution in [3.05, 3.63) is 0 Å². The SMILES string of the molecule is CCO[Si](C)(C)CCCC(N)(CCCCCCCN)CCC[Si](C)(C)OCC. The molecule has 0 radical (unpaired) electrons. The van der Waals surface area contributed by atoms with Crippen molar-refractivity contribution < 1.29 is 8.85 Å². The van der Waals surface area contributed by atoms with Crippen molar-refractivity contribution >= 4 is 16.6 Å². The van der Waals surface area contributed by atoms with Crippen LogP contribution in [-0.4, -0.2) is 41.9 Å². The molecule has 0 rings (SSSR count). The van der Waals surface area contributed by atoms with E-state index in [9.17, 15) is 0 Å². The van der Waals surface area contributed by atoms with E-state index in [4.69, 9.17) is 20.3 Å². The molecular weight excluding hydrogens is 380 g/mol. The van der Waals surface area contributed by atoms with Gasteiger partial charge in [0, 0.05) is 18.8 Å². The van der Waals surface area contributed by atoms with Gasteiger partial charge in [0.15, 0.2) is 16.6 Å². The van der Waals surface area contributed by atoms with Crippen LogP contribution in [0.1, 0.15) is 78.1 Å². The molecule has 28 heavy (non-hydrogen) atoms. The molecule has 0 aromatic carbocycles. The van der Waals surface area contributed by atoms with E-state index in [0.29, 0.717) is 0 Å². The van der Waals surface area contributed by atoms with Gasteiger partial charge in [-0.1, -0.05) is 38.5 Å². The minimum atomic E-state index is -1.51. The zero-order chi connectivity index (χ0) is 21.5. The highest BCUT2D eigenvalue weighted by molar-refractivity contribution is 6.71. The molecule has 0 unspecified atom stereocenters. The molecule has 6 heteroatoms. The van der Waals surface area contributed by atoms with Crippen LogP contribution in [0.15, 0.2) is 0 Å². The molecule has 0 saturated carbocycles. The van der Waals surface area contributed by atoms with E-state index in [1.807, 2.05) is 0 Å². The molecule has 0 fully saturated rings. The summed E-state index contributed by atoms with van der Waals surface area (Å²) in [6, 6.07) is 2.44. The highest BCUT2D eigenvalue weighted by atomic mass is 28.4. The maximum atomic E-state index is 6.97. The van der Waals surface area contributed by atoms with Gasteiger partial charge in [-0.3, -0.25) is 0 Å². The summed E-state index contributed by atoms with van der Waals surface area (Å²) in [6.07, 6.45) is 12.1. The van der Waals surface area contributed by atoms with Crippen LogP contribution >= 0.6 is 0 Å². The first-order chi connectivity index (χ1) is 13.1. The second-order valence-corrected chi connectivity index (χ2v) is 18.4. The zero-order valence-electron chi connectivity index (χ0n) is 20.1. The summed E-state index contributed by atoms with van der Waals surface area (Å²) < 4.78 is 12.0. The summed E-state index contributed by atoms with van der Waals surface area (Å²) in [4.78, 5) is 0.